The molecule has 0 fully saturated rings. The smallest absolute Gasteiger partial charge is 0.288 e. The number of nitrogens with one attached hydrogen (secondary N) is 1. The molecule has 1 atom stereocenters. The highest BCUT2D eigenvalue weighted by Gasteiger charge is 2.19. The lowest BCUT2D eigenvalue weighted by molar-refractivity contribution is -0.118. The molecule has 1 N–H and O–H groups in total. The Hall–Kier alpha value is -4.20. The van der Waals surface area contributed by atoms with Crippen LogP contribution in [0.1, 0.15) is 39.6 Å². The van der Waals surface area contributed by atoms with Gasteiger partial charge in [0.15, 0.2) is 0 Å². The summed E-state index contributed by atoms with van der Waals surface area (Å²) in [6, 6.07) is 20.9. The number of nitroso groups, excluding NO2 is 1. The molecule has 166 valence electrons. The molecule has 1 heterocycles. The van der Waals surface area contributed by atoms with Gasteiger partial charge in [0.2, 0.25) is 0 Å². The second kappa shape index (κ2) is 9.95. The van der Waals surface area contributed by atoms with E-state index in [1.54, 1.807) is 23.0 Å². The van der Waals surface area contributed by atoms with Crippen LogP contribution in [-0.4, -0.2) is 26.8 Å². The lowest BCUT2D eigenvalue weighted by atomic mass is 10.00. The normalized spacial score (nSPS) is 11.8. The van der Waals surface area contributed by atoms with E-state index in [0.29, 0.717) is 17.7 Å². The molecular formula is C25H23N5O3. The average Bonchev–Trinajstić information content (AvgIpc) is 3.31. The number of fused-ring (bicyclic) bond motifs is 1. The van der Waals surface area contributed by atoms with Crippen molar-refractivity contribution in [1.29, 1.82) is 0 Å². The van der Waals surface area contributed by atoms with Crippen molar-refractivity contribution < 1.29 is 9.59 Å². The van der Waals surface area contributed by atoms with Crippen LogP contribution in [0.4, 0.5) is 0 Å². The minimum atomic E-state index is -0.745. The van der Waals surface area contributed by atoms with Crippen LogP contribution in [-0.2, 0) is 17.8 Å². The van der Waals surface area contributed by atoms with Gasteiger partial charge in [-0.05, 0) is 41.8 Å². The van der Waals surface area contributed by atoms with Crippen LogP contribution in [0.3, 0.4) is 0 Å². The van der Waals surface area contributed by atoms with E-state index in [9.17, 15) is 14.5 Å². The number of amides is 2. The van der Waals surface area contributed by atoms with Crippen molar-refractivity contribution in [3.63, 3.8) is 0 Å². The summed E-state index contributed by atoms with van der Waals surface area (Å²) in [4.78, 5) is 34.9. The molecule has 3 aromatic carbocycles. The van der Waals surface area contributed by atoms with E-state index in [1.807, 2.05) is 55.5 Å². The summed E-state index contributed by atoms with van der Waals surface area (Å²) in [5, 5.41) is 15.8. The average molecular weight is 441 g/mol. The minimum absolute atomic E-state index is 0.0884. The third-order valence-electron chi connectivity index (χ3n) is 5.47. The molecule has 2 amide bonds. The van der Waals surface area contributed by atoms with E-state index < -0.39 is 11.9 Å². The number of carbonyl (C=O) groups is 2. The molecule has 0 bridgehead atoms. The van der Waals surface area contributed by atoms with Gasteiger partial charge in [0.05, 0.1) is 25.2 Å². The van der Waals surface area contributed by atoms with Gasteiger partial charge in [-0.2, -0.15) is 0 Å². The van der Waals surface area contributed by atoms with Gasteiger partial charge in [-0.1, -0.05) is 65.4 Å². The first-order valence-corrected chi connectivity index (χ1v) is 10.6. The van der Waals surface area contributed by atoms with Crippen molar-refractivity contribution in [2.75, 3.05) is 0 Å². The van der Waals surface area contributed by atoms with Gasteiger partial charge in [-0.3, -0.25) is 9.59 Å². The van der Waals surface area contributed by atoms with Crippen molar-refractivity contribution >= 4 is 22.6 Å². The number of aryl methyl sites for hydroxylation is 1. The van der Waals surface area contributed by atoms with E-state index >= 15 is 0 Å². The Labute approximate surface area is 190 Å². The maximum absolute atomic E-state index is 12.3. The molecule has 0 saturated carbocycles. The number of rotatable bonds is 8. The Morgan fingerprint density at radius 3 is 2.55 bits per heavy atom. The molecule has 0 radical (unpaired) electrons. The summed E-state index contributed by atoms with van der Waals surface area (Å²) >= 11 is 0. The largest absolute Gasteiger partial charge is 0.346 e. The number of nitrogens with zero attached hydrogens (tertiary/aromatic N) is 4. The summed E-state index contributed by atoms with van der Waals surface area (Å²) in [6.07, 6.45) is 2.07. The molecule has 33 heavy (non-hydrogen) atoms. The van der Waals surface area contributed by atoms with Crippen molar-refractivity contribution in [3.8, 4) is 0 Å². The van der Waals surface area contributed by atoms with Gasteiger partial charge >= 0.3 is 0 Å². The summed E-state index contributed by atoms with van der Waals surface area (Å²) in [5.74, 6) is -0.955. The van der Waals surface area contributed by atoms with Gasteiger partial charge in [0.1, 0.15) is 5.69 Å². The molecule has 0 aliphatic carbocycles. The monoisotopic (exact) mass is 441 g/mol. The molecule has 0 saturated heterocycles. The molecule has 0 aliphatic rings. The lowest BCUT2D eigenvalue weighted by Gasteiger charge is -2.15. The quantitative estimate of drug-likeness (QED) is 0.414. The fraction of sp³-hybridized carbons (Fsp3) is 0.200. The first-order valence-electron chi connectivity index (χ1n) is 10.6. The number of benzene rings is 3. The Bertz CT molecular complexity index is 1300. The fourth-order valence-electron chi connectivity index (χ4n) is 3.69. The SMILES string of the molecule is Cc1ccc(C(=O)NCc2cn(C(CC(=O)N=O)Cc3ccc4ccccc4c3)nn2)cc1. The number of hydrogen-bond donors (Lipinski definition) is 1. The summed E-state index contributed by atoms with van der Waals surface area (Å²) in [7, 11) is 0. The maximum atomic E-state index is 12.3. The standard InChI is InChI=1S/C25H23N5O3/c1-17-6-9-20(10-7-17)25(32)26-15-22-16-30(29-27-22)23(14-24(31)28-33)13-18-8-11-19-4-2-3-5-21(19)12-18/h2-12,16,23H,13-15H2,1H3,(H,26,32). The van der Waals surface area contributed by atoms with E-state index in [2.05, 4.69) is 26.9 Å². The maximum Gasteiger partial charge on any atom is 0.288 e. The molecular weight excluding hydrogens is 418 g/mol. The third kappa shape index (κ3) is 5.54. The Morgan fingerprint density at radius 2 is 1.79 bits per heavy atom. The van der Waals surface area contributed by atoms with E-state index in [1.165, 1.54) is 0 Å². The summed E-state index contributed by atoms with van der Waals surface area (Å²) in [6.45, 7) is 2.15. The highest BCUT2D eigenvalue weighted by Crippen LogP contribution is 2.22. The predicted octanol–water partition coefficient (Wildman–Crippen LogP) is 4.14. The molecule has 4 aromatic rings. The zero-order valence-corrected chi connectivity index (χ0v) is 18.1. The Balaban J connectivity index is 1.48. The van der Waals surface area contributed by atoms with Crippen molar-refractivity contribution in [1.82, 2.24) is 20.3 Å². The van der Waals surface area contributed by atoms with Crippen molar-refractivity contribution in [3.05, 3.63) is 100 Å². The molecule has 1 unspecified atom stereocenters. The molecule has 0 spiro atoms. The summed E-state index contributed by atoms with van der Waals surface area (Å²) < 4.78 is 1.56. The van der Waals surface area contributed by atoms with Crippen molar-refractivity contribution in [2.24, 2.45) is 5.18 Å². The van der Waals surface area contributed by atoms with Gasteiger partial charge in [-0.15, -0.1) is 10.0 Å². The zero-order chi connectivity index (χ0) is 23.2. The van der Waals surface area contributed by atoms with Crippen LogP contribution < -0.4 is 5.32 Å². The van der Waals surface area contributed by atoms with E-state index in [0.717, 1.165) is 21.9 Å². The molecule has 8 nitrogen and oxygen atoms in total. The highest BCUT2D eigenvalue weighted by atomic mass is 16.3. The zero-order valence-electron chi connectivity index (χ0n) is 18.1. The van der Waals surface area contributed by atoms with Crippen LogP contribution in [0.25, 0.3) is 10.8 Å². The topological polar surface area (TPSA) is 106 Å². The molecule has 8 heteroatoms. The van der Waals surface area contributed by atoms with Gasteiger partial charge < -0.3 is 5.32 Å². The fourth-order valence-corrected chi connectivity index (χ4v) is 3.69. The summed E-state index contributed by atoms with van der Waals surface area (Å²) in [5.41, 5.74) is 3.18. The van der Waals surface area contributed by atoms with Gasteiger partial charge in [0.25, 0.3) is 11.8 Å². The van der Waals surface area contributed by atoms with Gasteiger partial charge in [0, 0.05) is 10.7 Å². The van der Waals surface area contributed by atoms with E-state index in [-0.39, 0.29) is 18.9 Å². The lowest BCUT2D eigenvalue weighted by Crippen LogP contribution is -2.23. The van der Waals surface area contributed by atoms with Crippen LogP contribution in [0.2, 0.25) is 0 Å². The number of carbonyl (C=O) groups excluding carboxylic acids is 2. The predicted molar refractivity (Wildman–Crippen MR) is 124 cm³/mol. The minimum Gasteiger partial charge on any atom is -0.346 e. The number of aromatic nitrogens is 3. The number of hydrogen-bond acceptors (Lipinski definition) is 5. The second-order valence-electron chi connectivity index (χ2n) is 7.97. The van der Waals surface area contributed by atoms with Crippen LogP contribution in [0, 0.1) is 11.8 Å². The third-order valence-corrected chi connectivity index (χ3v) is 5.47. The highest BCUT2D eigenvalue weighted by molar-refractivity contribution is 5.94. The van der Waals surface area contributed by atoms with Crippen LogP contribution in [0.5, 0.6) is 0 Å². The van der Waals surface area contributed by atoms with Crippen LogP contribution in [0.15, 0.2) is 78.1 Å². The Morgan fingerprint density at radius 1 is 1.03 bits per heavy atom. The van der Waals surface area contributed by atoms with E-state index in [4.69, 9.17) is 0 Å². The van der Waals surface area contributed by atoms with Gasteiger partial charge in [-0.25, -0.2) is 4.68 Å². The second-order valence-corrected chi connectivity index (χ2v) is 7.97. The molecule has 1 aromatic heterocycles. The first kappa shape index (κ1) is 22.0. The first-order chi connectivity index (χ1) is 16.0. The van der Waals surface area contributed by atoms with Crippen LogP contribution >= 0.6 is 0 Å². The van der Waals surface area contributed by atoms with Crippen molar-refractivity contribution in [2.45, 2.75) is 32.4 Å². The Kier molecular flexibility index (Phi) is 6.64. The molecule has 0 aliphatic heterocycles. The molecule has 4 rings (SSSR count).